The van der Waals surface area contributed by atoms with E-state index in [-0.39, 0.29) is 17.5 Å². The Balaban J connectivity index is 1.62. The summed E-state index contributed by atoms with van der Waals surface area (Å²) in [5.74, 6) is -2.91. The van der Waals surface area contributed by atoms with Crippen LogP contribution in [0.25, 0.3) is 5.65 Å². The van der Waals surface area contributed by atoms with Gasteiger partial charge in [-0.25, -0.2) is 18.6 Å². The van der Waals surface area contributed by atoms with E-state index in [1.165, 1.54) is 0 Å². The SMILES string of the molecule is Cc1nc2cc(CCCc3cc(F)c(F)cc3O)nn2c(N2CCC(C)(OCCCC[C@@H](C)O)CC2)c1C(OC(C)(C)C)C(=O)O. The third-order valence-electron chi connectivity index (χ3n) is 8.40. The van der Waals surface area contributed by atoms with Gasteiger partial charge in [-0.2, -0.15) is 9.61 Å². The lowest BCUT2D eigenvalue weighted by Crippen LogP contribution is -2.46. The minimum atomic E-state index is -1.28. The van der Waals surface area contributed by atoms with E-state index in [1.807, 2.05) is 26.8 Å². The molecule has 0 spiro atoms. The number of fused-ring (bicyclic) bond motifs is 1. The molecule has 0 amide bonds. The van der Waals surface area contributed by atoms with E-state index in [0.29, 0.717) is 72.9 Å². The van der Waals surface area contributed by atoms with Gasteiger partial charge in [0.2, 0.25) is 0 Å². The number of anilines is 1. The number of carboxylic acid groups (broad SMARTS) is 1. The van der Waals surface area contributed by atoms with E-state index in [9.17, 15) is 28.9 Å². The molecule has 0 saturated carbocycles. The summed E-state index contributed by atoms with van der Waals surface area (Å²) >= 11 is 0. The average Bonchev–Trinajstić information content (AvgIpc) is 3.35. The van der Waals surface area contributed by atoms with Crippen molar-refractivity contribution in [2.75, 3.05) is 24.6 Å². The van der Waals surface area contributed by atoms with Gasteiger partial charge in [0.25, 0.3) is 0 Å². The Morgan fingerprint density at radius 1 is 1.09 bits per heavy atom. The van der Waals surface area contributed by atoms with Crippen molar-refractivity contribution in [2.45, 2.75) is 116 Å². The van der Waals surface area contributed by atoms with E-state index in [1.54, 1.807) is 18.4 Å². The molecule has 1 fully saturated rings. The number of aromatic nitrogens is 3. The summed E-state index contributed by atoms with van der Waals surface area (Å²) in [7, 11) is 0. The van der Waals surface area contributed by atoms with Crippen LogP contribution in [0.5, 0.6) is 5.75 Å². The fraction of sp³-hybridized carbons (Fsp3) is 0.618. The van der Waals surface area contributed by atoms with E-state index < -0.39 is 29.3 Å². The number of nitrogens with zero attached hydrogens (tertiary/aromatic N) is 4. The molecule has 2 atom stereocenters. The number of rotatable bonds is 14. The van der Waals surface area contributed by atoms with Gasteiger partial charge in [0.15, 0.2) is 23.4 Å². The summed E-state index contributed by atoms with van der Waals surface area (Å²) in [4.78, 5) is 19.5. The number of aliphatic hydroxyl groups is 1. The highest BCUT2D eigenvalue weighted by Crippen LogP contribution is 2.38. The number of carboxylic acids is 1. The topological polar surface area (TPSA) is 130 Å². The quantitative estimate of drug-likeness (QED) is 0.179. The fourth-order valence-electron chi connectivity index (χ4n) is 5.92. The highest BCUT2D eigenvalue weighted by atomic mass is 19.2. The lowest BCUT2D eigenvalue weighted by molar-refractivity contribution is -0.160. The predicted molar refractivity (Wildman–Crippen MR) is 170 cm³/mol. The fourth-order valence-corrected chi connectivity index (χ4v) is 5.92. The summed E-state index contributed by atoms with van der Waals surface area (Å²) in [6, 6.07) is 3.63. The van der Waals surface area contributed by atoms with Crippen molar-refractivity contribution in [1.29, 1.82) is 0 Å². The van der Waals surface area contributed by atoms with Gasteiger partial charge in [-0.05, 0) is 105 Å². The number of ether oxygens (including phenoxy) is 2. The van der Waals surface area contributed by atoms with Crippen molar-refractivity contribution < 1.29 is 38.4 Å². The first-order chi connectivity index (χ1) is 21.6. The molecule has 3 heterocycles. The van der Waals surface area contributed by atoms with Crippen LogP contribution >= 0.6 is 0 Å². The molecule has 1 aliphatic rings. The Morgan fingerprint density at radius 2 is 1.76 bits per heavy atom. The van der Waals surface area contributed by atoms with Crippen LogP contribution in [0.4, 0.5) is 14.6 Å². The van der Waals surface area contributed by atoms with Crippen LogP contribution in [0.1, 0.15) is 102 Å². The number of unbranched alkanes of at least 4 members (excludes halogenated alkanes) is 1. The first-order valence-corrected chi connectivity index (χ1v) is 16.1. The van der Waals surface area contributed by atoms with Crippen molar-refractivity contribution in [2.24, 2.45) is 0 Å². The van der Waals surface area contributed by atoms with Crippen LogP contribution in [-0.2, 0) is 27.1 Å². The second-order valence-corrected chi connectivity index (χ2v) is 13.7. The lowest BCUT2D eigenvalue weighted by Gasteiger charge is -2.41. The number of benzene rings is 1. The molecule has 46 heavy (non-hydrogen) atoms. The van der Waals surface area contributed by atoms with Crippen molar-refractivity contribution in [3.8, 4) is 5.75 Å². The van der Waals surface area contributed by atoms with Crippen LogP contribution in [0, 0.1) is 18.6 Å². The van der Waals surface area contributed by atoms with Crippen LogP contribution < -0.4 is 4.90 Å². The molecule has 3 aromatic rings. The minimum absolute atomic E-state index is 0.294. The van der Waals surface area contributed by atoms with Gasteiger partial charge >= 0.3 is 5.97 Å². The van der Waals surface area contributed by atoms with Crippen LogP contribution in [0.3, 0.4) is 0 Å². The molecule has 10 nitrogen and oxygen atoms in total. The van der Waals surface area contributed by atoms with Gasteiger partial charge < -0.3 is 29.7 Å². The standard InChI is InChI=1S/C34H48F2N4O6/c1-21(41)10-7-8-17-45-34(6)13-15-39(16-14-34)31-29(30(32(43)44)46-33(3,4)5)22(2)37-28-19-24(38-40(28)31)12-9-11-23-18-25(35)26(36)20-27(23)42/h18-21,30,41-42H,7-17H2,1-6H3,(H,43,44)/t21-,30?/m1/s1. The van der Waals surface area contributed by atoms with E-state index in [4.69, 9.17) is 19.6 Å². The number of hydrogen-bond acceptors (Lipinski definition) is 8. The largest absolute Gasteiger partial charge is 0.508 e. The zero-order valence-corrected chi connectivity index (χ0v) is 27.8. The first-order valence-electron chi connectivity index (χ1n) is 16.1. The Hall–Kier alpha value is -3.35. The number of aliphatic carboxylic acids is 1. The first kappa shape index (κ1) is 35.5. The number of aliphatic hydroxyl groups excluding tert-OH is 1. The maximum Gasteiger partial charge on any atom is 0.337 e. The number of carbonyl (C=O) groups is 1. The smallest absolute Gasteiger partial charge is 0.337 e. The second-order valence-electron chi connectivity index (χ2n) is 13.7. The number of phenolic OH excluding ortho intramolecular Hbond substituents is 1. The minimum Gasteiger partial charge on any atom is -0.508 e. The normalized spacial score (nSPS) is 16.6. The van der Waals surface area contributed by atoms with Crippen molar-refractivity contribution in [3.05, 3.63) is 52.3 Å². The number of phenols is 1. The molecule has 1 unspecified atom stereocenters. The summed E-state index contributed by atoms with van der Waals surface area (Å²) in [5, 5.41) is 34.8. The molecule has 3 N–H and O–H groups in total. The Kier molecular flexibility index (Phi) is 11.3. The van der Waals surface area contributed by atoms with Gasteiger partial charge in [-0.15, -0.1) is 0 Å². The van der Waals surface area contributed by atoms with E-state index in [0.717, 1.165) is 44.2 Å². The number of hydrogen-bond donors (Lipinski definition) is 3. The van der Waals surface area contributed by atoms with Crippen molar-refractivity contribution in [1.82, 2.24) is 14.6 Å². The summed E-state index contributed by atoms with van der Waals surface area (Å²) in [6.07, 6.45) is 3.63. The molecule has 0 radical (unpaired) electrons. The third-order valence-corrected chi connectivity index (χ3v) is 8.40. The summed E-state index contributed by atoms with van der Waals surface area (Å²) in [5.41, 5.74) is 1.45. The average molecular weight is 647 g/mol. The molecular weight excluding hydrogens is 598 g/mol. The molecule has 254 valence electrons. The van der Waals surface area contributed by atoms with Crippen LogP contribution in [0.15, 0.2) is 18.2 Å². The maximum atomic E-state index is 13.8. The molecular formula is C34H48F2N4O6. The van der Waals surface area contributed by atoms with Crippen molar-refractivity contribution in [3.63, 3.8) is 0 Å². The number of piperidine rings is 1. The molecule has 0 aliphatic carbocycles. The molecule has 1 aliphatic heterocycles. The van der Waals surface area contributed by atoms with Gasteiger partial charge in [0.05, 0.1) is 28.6 Å². The number of aromatic hydroxyl groups is 1. The van der Waals surface area contributed by atoms with Crippen LogP contribution in [0.2, 0.25) is 0 Å². The maximum absolute atomic E-state index is 13.8. The molecule has 1 saturated heterocycles. The second kappa shape index (κ2) is 14.6. The summed E-state index contributed by atoms with van der Waals surface area (Å²) in [6.45, 7) is 12.9. The molecule has 0 bridgehead atoms. The highest BCUT2D eigenvalue weighted by Gasteiger charge is 2.37. The molecule has 2 aromatic heterocycles. The van der Waals surface area contributed by atoms with Gasteiger partial charge in [0.1, 0.15) is 11.6 Å². The van der Waals surface area contributed by atoms with E-state index in [2.05, 4.69) is 11.8 Å². The van der Waals surface area contributed by atoms with Gasteiger partial charge in [-0.3, -0.25) is 0 Å². The predicted octanol–water partition coefficient (Wildman–Crippen LogP) is 6.06. The Labute approximate surface area is 269 Å². The lowest BCUT2D eigenvalue weighted by atomic mass is 9.92. The van der Waals surface area contributed by atoms with Crippen molar-refractivity contribution >= 4 is 17.4 Å². The number of aryl methyl sites for hydroxylation is 3. The third kappa shape index (κ3) is 8.92. The van der Waals surface area contributed by atoms with E-state index >= 15 is 0 Å². The molecule has 12 heteroatoms. The zero-order chi connectivity index (χ0) is 33.8. The van der Waals surface area contributed by atoms with Gasteiger partial charge in [0, 0.05) is 37.5 Å². The van der Waals surface area contributed by atoms with Crippen LogP contribution in [-0.4, -0.2) is 72.9 Å². The molecule has 1 aromatic carbocycles. The Morgan fingerprint density at radius 3 is 2.39 bits per heavy atom. The highest BCUT2D eigenvalue weighted by molar-refractivity contribution is 5.78. The number of halogens is 2. The zero-order valence-electron chi connectivity index (χ0n) is 27.8. The van der Waals surface area contributed by atoms with Gasteiger partial charge in [-0.1, -0.05) is 0 Å². The molecule has 4 rings (SSSR count). The monoisotopic (exact) mass is 646 g/mol. The summed E-state index contributed by atoms with van der Waals surface area (Å²) < 4.78 is 41.3. The Bertz CT molecular complexity index is 1510.